The summed E-state index contributed by atoms with van der Waals surface area (Å²) in [4.78, 5) is 16.3. The number of benzene rings is 1. The Balaban J connectivity index is 1.33. The van der Waals surface area contributed by atoms with Crippen LogP contribution < -0.4 is 10.6 Å². The summed E-state index contributed by atoms with van der Waals surface area (Å²) in [6, 6.07) is 15.0. The molecule has 2 N–H and O–H groups in total. The lowest BCUT2D eigenvalue weighted by molar-refractivity contribution is 0.328. The number of hydrogen-bond acceptors (Lipinski definition) is 6. The van der Waals surface area contributed by atoms with Crippen LogP contribution in [0.5, 0.6) is 0 Å². The summed E-state index contributed by atoms with van der Waals surface area (Å²) in [7, 11) is 0. The van der Waals surface area contributed by atoms with Crippen LogP contribution in [-0.4, -0.2) is 39.0 Å². The highest BCUT2D eigenvalue weighted by atomic mass is 15.2. The lowest BCUT2D eigenvalue weighted by Gasteiger charge is -2.19. The van der Waals surface area contributed by atoms with Gasteiger partial charge in [-0.15, -0.1) is 0 Å². The fourth-order valence-corrected chi connectivity index (χ4v) is 4.05. The van der Waals surface area contributed by atoms with E-state index in [0.29, 0.717) is 6.04 Å². The number of hydrogen-bond donors (Lipinski definition) is 2. The van der Waals surface area contributed by atoms with Gasteiger partial charge in [0.25, 0.3) is 0 Å². The molecule has 1 atom stereocenters. The van der Waals surface area contributed by atoms with Crippen molar-refractivity contribution in [1.82, 2.24) is 25.2 Å². The quantitative estimate of drug-likeness (QED) is 0.718. The third-order valence-corrected chi connectivity index (χ3v) is 5.49. The van der Waals surface area contributed by atoms with Crippen LogP contribution in [0.2, 0.25) is 0 Å². The highest BCUT2D eigenvalue weighted by Crippen LogP contribution is 2.27. The van der Waals surface area contributed by atoms with Crippen molar-refractivity contribution < 1.29 is 0 Å². The first-order valence-electron chi connectivity index (χ1n) is 9.89. The fourth-order valence-electron chi connectivity index (χ4n) is 4.05. The molecule has 3 aromatic rings. The van der Waals surface area contributed by atoms with Crippen molar-refractivity contribution in [2.45, 2.75) is 32.1 Å². The molecule has 6 nitrogen and oxygen atoms in total. The second kappa shape index (κ2) is 7.66. The molecule has 4 heterocycles. The Morgan fingerprint density at radius 1 is 1.04 bits per heavy atom. The Morgan fingerprint density at radius 3 is 2.75 bits per heavy atom. The molecule has 28 heavy (non-hydrogen) atoms. The first kappa shape index (κ1) is 17.3. The van der Waals surface area contributed by atoms with Gasteiger partial charge in [0.05, 0.1) is 5.69 Å². The molecule has 1 unspecified atom stereocenters. The minimum absolute atomic E-state index is 0.411. The summed E-state index contributed by atoms with van der Waals surface area (Å²) in [6.45, 7) is 4.77. The second-order valence-electron chi connectivity index (χ2n) is 7.51. The molecule has 0 spiro atoms. The van der Waals surface area contributed by atoms with Crippen molar-refractivity contribution in [3.05, 3.63) is 71.7 Å². The maximum atomic E-state index is 4.88. The molecule has 6 heteroatoms. The Morgan fingerprint density at radius 2 is 1.89 bits per heavy atom. The van der Waals surface area contributed by atoms with Crippen molar-refractivity contribution >= 4 is 5.82 Å². The molecule has 0 radical (unpaired) electrons. The number of aromatic nitrogens is 3. The van der Waals surface area contributed by atoms with Crippen LogP contribution in [0.4, 0.5) is 5.82 Å². The zero-order valence-electron chi connectivity index (χ0n) is 15.8. The van der Waals surface area contributed by atoms with E-state index in [-0.39, 0.29) is 0 Å². The maximum absolute atomic E-state index is 4.88. The number of rotatable bonds is 5. The average molecular weight is 372 g/mol. The van der Waals surface area contributed by atoms with Crippen molar-refractivity contribution in [1.29, 1.82) is 0 Å². The monoisotopic (exact) mass is 372 g/mol. The van der Waals surface area contributed by atoms with Gasteiger partial charge >= 0.3 is 0 Å². The number of anilines is 1. The SMILES string of the molecule is c1ccc(CN2CCC(Nc3nc(-c4ccncc4)nc4c3CNC4)C2)cc1. The minimum atomic E-state index is 0.411. The molecule has 0 amide bonds. The van der Waals surface area contributed by atoms with Crippen LogP contribution in [-0.2, 0) is 19.6 Å². The van der Waals surface area contributed by atoms with Gasteiger partial charge in [0.1, 0.15) is 5.82 Å². The Bertz CT molecular complexity index is 944. The van der Waals surface area contributed by atoms with Crippen molar-refractivity contribution in [3.63, 3.8) is 0 Å². The first-order chi connectivity index (χ1) is 13.8. The second-order valence-corrected chi connectivity index (χ2v) is 7.51. The van der Waals surface area contributed by atoms with Gasteiger partial charge in [-0.05, 0) is 24.1 Å². The highest BCUT2D eigenvalue weighted by Gasteiger charge is 2.26. The van der Waals surface area contributed by atoms with Crippen LogP contribution in [0, 0.1) is 0 Å². The zero-order valence-corrected chi connectivity index (χ0v) is 15.8. The lowest BCUT2D eigenvalue weighted by atomic mass is 10.2. The van der Waals surface area contributed by atoms with Gasteiger partial charge < -0.3 is 10.6 Å². The predicted octanol–water partition coefficient (Wildman–Crippen LogP) is 2.83. The molecule has 2 aliphatic rings. The normalized spacial score (nSPS) is 18.9. The van der Waals surface area contributed by atoms with E-state index in [4.69, 9.17) is 9.97 Å². The summed E-state index contributed by atoms with van der Waals surface area (Å²) in [5.74, 6) is 1.75. The van der Waals surface area contributed by atoms with Gasteiger partial charge in [0.15, 0.2) is 5.82 Å². The summed E-state index contributed by atoms with van der Waals surface area (Å²) < 4.78 is 0. The van der Waals surface area contributed by atoms with Crippen LogP contribution in [0.15, 0.2) is 54.9 Å². The zero-order chi connectivity index (χ0) is 18.8. The standard InChI is InChI=1S/C22H24N6/c1-2-4-16(5-3-1)14-28-11-8-18(15-28)25-22-19-12-24-13-20(19)26-21(27-22)17-6-9-23-10-7-17/h1-7,9-10,18,24H,8,11-15H2,(H,25,26,27). The van der Waals surface area contributed by atoms with Crippen molar-refractivity contribution in [3.8, 4) is 11.4 Å². The Hall–Kier alpha value is -2.83. The van der Waals surface area contributed by atoms with E-state index in [2.05, 4.69) is 50.8 Å². The van der Waals surface area contributed by atoms with E-state index >= 15 is 0 Å². The van der Waals surface area contributed by atoms with E-state index in [1.54, 1.807) is 12.4 Å². The van der Waals surface area contributed by atoms with Crippen LogP contribution in [0.1, 0.15) is 23.2 Å². The molecule has 2 aromatic heterocycles. The molecule has 1 fully saturated rings. The number of nitrogens with zero attached hydrogens (tertiary/aromatic N) is 4. The molecule has 0 saturated carbocycles. The molecule has 5 rings (SSSR count). The molecule has 0 bridgehead atoms. The van der Waals surface area contributed by atoms with Crippen LogP contribution in [0.3, 0.4) is 0 Å². The highest BCUT2D eigenvalue weighted by molar-refractivity contribution is 5.60. The molecule has 0 aliphatic carbocycles. The van der Waals surface area contributed by atoms with Gasteiger partial charge in [-0.3, -0.25) is 9.88 Å². The van der Waals surface area contributed by atoms with E-state index in [0.717, 1.165) is 62.0 Å². The van der Waals surface area contributed by atoms with Gasteiger partial charge in [0, 0.05) is 62.3 Å². The molecule has 1 aromatic carbocycles. The Labute approximate surface area is 165 Å². The number of fused-ring (bicyclic) bond motifs is 1. The number of likely N-dealkylation sites (tertiary alicyclic amines) is 1. The van der Waals surface area contributed by atoms with E-state index in [1.165, 1.54) is 11.1 Å². The van der Waals surface area contributed by atoms with Crippen LogP contribution >= 0.6 is 0 Å². The summed E-state index contributed by atoms with van der Waals surface area (Å²) in [5.41, 5.74) is 4.68. The maximum Gasteiger partial charge on any atom is 0.161 e. The number of nitrogens with one attached hydrogen (secondary N) is 2. The largest absolute Gasteiger partial charge is 0.366 e. The average Bonchev–Trinajstić information content (AvgIpc) is 3.39. The summed E-state index contributed by atoms with van der Waals surface area (Å²) >= 11 is 0. The van der Waals surface area contributed by atoms with E-state index < -0.39 is 0 Å². The lowest BCUT2D eigenvalue weighted by Crippen LogP contribution is -2.27. The first-order valence-corrected chi connectivity index (χ1v) is 9.89. The molecule has 142 valence electrons. The van der Waals surface area contributed by atoms with Crippen LogP contribution in [0.25, 0.3) is 11.4 Å². The topological polar surface area (TPSA) is 66.0 Å². The summed E-state index contributed by atoms with van der Waals surface area (Å²) in [6.07, 6.45) is 4.70. The van der Waals surface area contributed by atoms with Gasteiger partial charge in [-0.1, -0.05) is 30.3 Å². The molecular weight excluding hydrogens is 348 g/mol. The van der Waals surface area contributed by atoms with E-state index in [1.807, 2.05) is 12.1 Å². The summed E-state index contributed by atoms with van der Waals surface area (Å²) in [5, 5.41) is 7.13. The Kier molecular flexibility index (Phi) is 4.72. The van der Waals surface area contributed by atoms with Gasteiger partial charge in [-0.2, -0.15) is 0 Å². The molecule has 1 saturated heterocycles. The fraction of sp³-hybridized carbons (Fsp3) is 0.318. The predicted molar refractivity (Wildman–Crippen MR) is 110 cm³/mol. The number of pyridine rings is 1. The van der Waals surface area contributed by atoms with Crippen molar-refractivity contribution in [2.75, 3.05) is 18.4 Å². The van der Waals surface area contributed by atoms with Crippen molar-refractivity contribution in [2.24, 2.45) is 0 Å². The molecular formula is C22H24N6. The third kappa shape index (κ3) is 3.61. The van der Waals surface area contributed by atoms with Gasteiger partial charge in [0.2, 0.25) is 0 Å². The third-order valence-electron chi connectivity index (χ3n) is 5.49. The smallest absolute Gasteiger partial charge is 0.161 e. The molecule has 2 aliphatic heterocycles. The van der Waals surface area contributed by atoms with E-state index in [9.17, 15) is 0 Å². The minimum Gasteiger partial charge on any atom is -0.366 e. The van der Waals surface area contributed by atoms with Gasteiger partial charge in [-0.25, -0.2) is 9.97 Å².